The molecule has 0 N–H and O–H groups in total. The summed E-state index contributed by atoms with van der Waals surface area (Å²) in [6, 6.07) is 0. The van der Waals surface area contributed by atoms with Crippen molar-refractivity contribution in [3.63, 3.8) is 0 Å². The SMILES string of the molecule is CCCN1CCN(c2ncc3c(n2)CCN(CC(C)C)C3)CC1. The molecule has 0 bridgehead atoms. The molecular weight excluding hydrogens is 286 g/mol. The zero-order valence-corrected chi connectivity index (χ0v) is 15.0. The zero-order valence-electron chi connectivity index (χ0n) is 15.0. The Morgan fingerprint density at radius 1 is 1.09 bits per heavy atom. The van der Waals surface area contributed by atoms with Crippen LogP contribution in [0.15, 0.2) is 6.20 Å². The average Bonchev–Trinajstić information content (AvgIpc) is 2.55. The molecule has 5 nitrogen and oxygen atoms in total. The van der Waals surface area contributed by atoms with Crippen LogP contribution in [0.5, 0.6) is 0 Å². The van der Waals surface area contributed by atoms with Crippen molar-refractivity contribution in [1.82, 2.24) is 19.8 Å². The summed E-state index contributed by atoms with van der Waals surface area (Å²) in [4.78, 5) is 17.0. The average molecular weight is 317 g/mol. The van der Waals surface area contributed by atoms with Gasteiger partial charge in [0.2, 0.25) is 5.95 Å². The van der Waals surface area contributed by atoms with E-state index in [1.165, 1.54) is 30.8 Å². The number of hydrogen-bond donors (Lipinski definition) is 0. The van der Waals surface area contributed by atoms with Gasteiger partial charge in [0.25, 0.3) is 0 Å². The van der Waals surface area contributed by atoms with Crippen LogP contribution < -0.4 is 4.90 Å². The van der Waals surface area contributed by atoms with Crippen molar-refractivity contribution in [2.45, 2.75) is 40.2 Å². The quantitative estimate of drug-likeness (QED) is 0.830. The Bertz CT molecular complexity index is 508. The lowest BCUT2D eigenvalue weighted by molar-refractivity contribution is 0.224. The summed E-state index contributed by atoms with van der Waals surface area (Å²) in [6.07, 6.45) is 4.37. The maximum absolute atomic E-state index is 4.89. The lowest BCUT2D eigenvalue weighted by atomic mass is 10.1. The highest BCUT2D eigenvalue weighted by molar-refractivity contribution is 5.35. The molecule has 128 valence electrons. The lowest BCUT2D eigenvalue weighted by Gasteiger charge is -2.35. The second kappa shape index (κ2) is 7.58. The minimum absolute atomic E-state index is 0.719. The van der Waals surface area contributed by atoms with Crippen LogP contribution in [-0.2, 0) is 13.0 Å². The maximum atomic E-state index is 4.89. The Kier molecular flexibility index (Phi) is 5.49. The van der Waals surface area contributed by atoms with Crippen LogP contribution >= 0.6 is 0 Å². The van der Waals surface area contributed by atoms with Gasteiger partial charge in [0, 0.05) is 64.0 Å². The van der Waals surface area contributed by atoms with Crippen LogP contribution in [0.25, 0.3) is 0 Å². The number of rotatable bonds is 5. The summed E-state index contributed by atoms with van der Waals surface area (Å²) in [7, 11) is 0. The van der Waals surface area contributed by atoms with E-state index in [0.717, 1.165) is 57.6 Å². The highest BCUT2D eigenvalue weighted by atomic mass is 15.3. The standard InChI is InChI=1S/C18H31N5/c1-4-6-21-8-10-23(11-9-21)18-19-12-16-14-22(13-15(2)3)7-5-17(16)20-18/h12,15H,4-11,13-14H2,1-3H3. The first-order valence-electron chi connectivity index (χ1n) is 9.20. The van der Waals surface area contributed by atoms with Gasteiger partial charge in [-0.15, -0.1) is 0 Å². The molecule has 0 radical (unpaired) electrons. The Balaban J connectivity index is 1.61. The molecule has 0 saturated carbocycles. The molecule has 1 aromatic rings. The third-order valence-electron chi connectivity index (χ3n) is 4.82. The van der Waals surface area contributed by atoms with Gasteiger partial charge in [-0.3, -0.25) is 9.80 Å². The van der Waals surface area contributed by atoms with Crippen LogP contribution in [0.1, 0.15) is 38.4 Å². The number of piperazine rings is 1. The molecule has 3 rings (SSSR count). The largest absolute Gasteiger partial charge is 0.338 e. The van der Waals surface area contributed by atoms with Crippen molar-refractivity contribution in [2.75, 3.05) is 50.7 Å². The second-order valence-corrected chi connectivity index (χ2v) is 7.35. The van der Waals surface area contributed by atoms with E-state index in [-0.39, 0.29) is 0 Å². The predicted molar refractivity (Wildman–Crippen MR) is 94.8 cm³/mol. The fraction of sp³-hybridized carbons (Fsp3) is 0.778. The molecule has 0 aromatic carbocycles. The van der Waals surface area contributed by atoms with Crippen LogP contribution in [0.2, 0.25) is 0 Å². The molecule has 23 heavy (non-hydrogen) atoms. The minimum atomic E-state index is 0.719. The number of fused-ring (bicyclic) bond motifs is 1. The normalized spacial score (nSPS) is 20.1. The maximum Gasteiger partial charge on any atom is 0.225 e. The van der Waals surface area contributed by atoms with E-state index in [4.69, 9.17) is 4.98 Å². The van der Waals surface area contributed by atoms with Crippen LogP contribution in [0.3, 0.4) is 0 Å². The highest BCUT2D eigenvalue weighted by Crippen LogP contribution is 2.20. The summed E-state index contributed by atoms with van der Waals surface area (Å²) < 4.78 is 0. The van der Waals surface area contributed by atoms with Gasteiger partial charge in [0.1, 0.15) is 0 Å². The summed E-state index contributed by atoms with van der Waals surface area (Å²) >= 11 is 0. The molecular formula is C18H31N5. The zero-order chi connectivity index (χ0) is 16.2. The first-order valence-corrected chi connectivity index (χ1v) is 9.20. The molecule has 1 saturated heterocycles. The van der Waals surface area contributed by atoms with Crippen molar-refractivity contribution in [3.05, 3.63) is 17.5 Å². The topological polar surface area (TPSA) is 35.5 Å². The van der Waals surface area contributed by atoms with E-state index in [0.29, 0.717) is 0 Å². The molecule has 2 aliphatic rings. The summed E-state index contributed by atoms with van der Waals surface area (Å²) in [5.74, 6) is 1.66. The summed E-state index contributed by atoms with van der Waals surface area (Å²) in [5.41, 5.74) is 2.59. The molecule has 0 spiro atoms. The minimum Gasteiger partial charge on any atom is -0.338 e. The van der Waals surface area contributed by atoms with Crippen molar-refractivity contribution >= 4 is 5.95 Å². The smallest absolute Gasteiger partial charge is 0.225 e. The molecule has 0 aliphatic carbocycles. The first-order chi connectivity index (χ1) is 11.2. The third-order valence-corrected chi connectivity index (χ3v) is 4.82. The van der Waals surface area contributed by atoms with Gasteiger partial charge in [-0.2, -0.15) is 0 Å². The predicted octanol–water partition coefficient (Wildman–Crippen LogP) is 2.02. The molecule has 1 fully saturated rings. The third kappa shape index (κ3) is 4.21. The van der Waals surface area contributed by atoms with E-state index in [1.54, 1.807) is 0 Å². The van der Waals surface area contributed by atoms with Gasteiger partial charge < -0.3 is 4.90 Å². The number of anilines is 1. The first kappa shape index (κ1) is 16.7. The second-order valence-electron chi connectivity index (χ2n) is 7.35. The van der Waals surface area contributed by atoms with E-state index in [2.05, 4.69) is 46.7 Å². The van der Waals surface area contributed by atoms with Crippen LogP contribution in [0.4, 0.5) is 5.95 Å². The van der Waals surface area contributed by atoms with E-state index in [9.17, 15) is 0 Å². The van der Waals surface area contributed by atoms with Gasteiger partial charge in [0.15, 0.2) is 0 Å². The van der Waals surface area contributed by atoms with E-state index in [1.807, 2.05) is 0 Å². The number of nitrogens with zero attached hydrogens (tertiary/aromatic N) is 5. The molecule has 2 aliphatic heterocycles. The van der Waals surface area contributed by atoms with Crippen molar-refractivity contribution < 1.29 is 0 Å². The van der Waals surface area contributed by atoms with E-state index >= 15 is 0 Å². The van der Waals surface area contributed by atoms with Gasteiger partial charge >= 0.3 is 0 Å². The summed E-state index contributed by atoms with van der Waals surface area (Å²) in [6.45, 7) is 15.7. The molecule has 1 aromatic heterocycles. The van der Waals surface area contributed by atoms with Crippen molar-refractivity contribution in [3.8, 4) is 0 Å². The molecule has 0 unspecified atom stereocenters. The Morgan fingerprint density at radius 3 is 2.57 bits per heavy atom. The Morgan fingerprint density at radius 2 is 1.87 bits per heavy atom. The van der Waals surface area contributed by atoms with Crippen molar-refractivity contribution in [2.24, 2.45) is 5.92 Å². The van der Waals surface area contributed by atoms with Gasteiger partial charge in [-0.05, 0) is 18.9 Å². The number of hydrogen-bond acceptors (Lipinski definition) is 5. The van der Waals surface area contributed by atoms with Crippen molar-refractivity contribution in [1.29, 1.82) is 0 Å². The van der Waals surface area contributed by atoms with Gasteiger partial charge in [0.05, 0.1) is 5.69 Å². The fourth-order valence-corrected chi connectivity index (χ4v) is 3.68. The lowest BCUT2D eigenvalue weighted by Crippen LogP contribution is -2.47. The fourth-order valence-electron chi connectivity index (χ4n) is 3.68. The molecule has 3 heterocycles. The van der Waals surface area contributed by atoms with Gasteiger partial charge in [-0.25, -0.2) is 9.97 Å². The monoisotopic (exact) mass is 317 g/mol. The molecule has 0 atom stereocenters. The van der Waals surface area contributed by atoms with Crippen LogP contribution in [-0.4, -0.2) is 65.6 Å². The van der Waals surface area contributed by atoms with E-state index < -0.39 is 0 Å². The van der Waals surface area contributed by atoms with Crippen LogP contribution in [0, 0.1) is 5.92 Å². The molecule has 0 amide bonds. The highest BCUT2D eigenvalue weighted by Gasteiger charge is 2.22. The number of aromatic nitrogens is 2. The Labute approximate surface area is 140 Å². The van der Waals surface area contributed by atoms with Gasteiger partial charge in [-0.1, -0.05) is 20.8 Å². The molecule has 5 heteroatoms. The summed E-state index contributed by atoms with van der Waals surface area (Å²) in [5, 5.41) is 0. The Hall–Kier alpha value is -1.20.